The second kappa shape index (κ2) is 8.59. The molecule has 1 aliphatic rings. The van der Waals surface area contributed by atoms with Crippen LogP contribution in [0.3, 0.4) is 0 Å². The van der Waals surface area contributed by atoms with Crippen molar-refractivity contribution in [2.24, 2.45) is 5.16 Å². The van der Waals surface area contributed by atoms with Gasteiger partial charge in [-0.25, -0.2) is 0 Å². The molecule has 116 valence electrons. The van der Waals surface area contributed by atoms with Crippen molar-refractivity contribution in [2.45, 2.75) is 25.4 Å². The molecule has 2 rings (SSSR count). The smallest absolute Gasteiger partial charge is 0.258 e. The molecule has 1 saturated heterocycles. The van der Waals surface area contributed by atoms with Gasteiger partial charge >= 0.3 is 0 Å². The van der Waals surface area contributed by atoms with Gasteiger partial charge in [0.25, 0.3) is 5.90 Å². The van der Waals surface area contributed by atoms with Gasteiger partial charge in [0.05, 0.1) is 12.7 Å². The van der Waals surface area contributed by atoms with E-state index in [0.717, 1.165) is 18.7 Å². The number of piperidine rings is 1. The molecule has 0 bridgehead atoms. The third-order valence-corrected chi connectivity index (χ3v) is 3.43. The van der Waals surface area contributed by atoms with Crippen LogP contribution in [0.15, 0.2) is 29.7 Å². The normalized spacial score (nSPS) is 18.3. The van der Waals surface area contributed by atoms with Crippen LogP contribution in [-0.4, -0.2) is 60.3 Å². The van der Waals surface area contributed by atoms with Crippen molar-refractivity contribution < 1.29 is 14.7 Å². The van der Waals surface area contributed by atoms with E-state index in [1.165, 1.54) is 26.4 Å². The number of aromatic nitrogens is 1. The second-order valence-electron chi connectivity index (χ2n) is 5.15. The van der Waals surface area contributed by atoms with Crippen molar-refractivity contribution in [3.8, 4) is 0 Å². The summed E-state index contributed by atoms with van der Waals surface area (Å²) in [6.07, 6.45) is 6.49. The largest absolute Gasteiger partial charge is 0.478 e. The minimum atomic E-state index is -0.543. The maximum atomic E-state index is 9.97. The first-order valence-corrected chi connectivity index (χ1v) is 7.34. The Hall–Kier alpha value is -1.66. The number of hydrogen-bond acceptors (Lipinski definition) is 6. The molecule has 0 amide bonds. The number of aliphatic hydroxyl groups is 1. The van der Waals surface area contributed by atoms with Crippen molar-refractivity contribution in [2.75, 3.05) is 33.4 Å². The molecule has 1 atom stereocenters. The van der Waals surface area contributed by atoms with E-state index >= 15 is 0 Å². The third kappa shape index (κ3) is 5.32. The summed E-state index contributed by atoms with van der Waals surface area (Å²) >= 11 is 0. The summed E-state index contributed by atoms with van der Waals surface area (Å²) in [4.78, 5) is 11.5. The number of methoxy groups -OCH3 is 1. The number of hydrogen-bond donors (Lipinski definition) is 1. The Morgan fingerprint density at radius 1 is 1.43 bits per heavy atom. The van der Waals surface area contributed by atoms with Crippen LogP contribution in [0, 0.1) is 0 Å². The number of nitrogens with zero attached hydrogens (tertiary/aromatic N) is 3. The molecule has 21 heavy (non-hydrogen) atoms. The second-order valence-corrected chi connectivity index (χ2v) is 5.15. The summed E-state index contributed by atoms with van der Waals surface area (Å²) in [6, 6.07) is 3.64. The topological polar surface area (TPSA) is 67.2 Å². The highest BCUT2D eigenvalue weighted by molar-refractivity contribution is 5.93. The molecule has 0 aliphatic carbocycles. The van der Waals surface area contributed by atoms with E-state index in [-0.39, 0.29) is 6.61 Å². The number of aliphatic hydroxyl groups excluding tert-OH is 1. The Morgan fingerprint density at radius 3 is 2.90 bits per heavy atom. The van der Waals surface area contributed by atoms with Gasteiger partial charge in [-0.05, 0) is 43.2 Å². The Labute approximate surface area is 125 Å². The van der Waals surface area contributed by atoms with Crippen LogP contribution in [0.1, 0.15) is 24.8 Å². The van der Waals surface area contributed by atoms with E-state index in [1.807, 2.05) is 6.07 Å². The van der Waals surface area contributed by atoms with E-state index in [2.05, 4.69) is 15.0 Å². The predicted molar refractivity (Wildman–Crippen MR) is 80.0 cm³/mol. The van der Waals surface area contributed by atoms with Gasteiger partial charge in [0.15, 0.2) is 0 Å². The third-order valence-electron chi connectivity index (χ3n) is 3.43. The zero-order valence-electron chi connectivity index (χ0n) is 12.4. The molecule has 0 saturated carbocycles. The molecular formula is C15H23N3O3. The zero-order chi connectivity index (χ0) is 14.9. The number of oxime groups is 1. The first-order chi connectivity index (χ1) is 10.3. The van der Waals surface area contributed by atoms with Gasteiger partial charge in [-0.2, -0.15) is 0 Å². The Bertz CT molecular complexity index is 433. The first kappa shape index (κ1) is 15.7. The van der Waals surface area contributed by atoms with Crippen LogP contribution in [-0.2, 0) is 9.57 Å². The van der Waals surface area contributed by atoms with Crippen molar-refractivity contribution >= 4 is 5.90 Å². The summed E-state index contributed by atoms with van der Waals surface area (Å²) < 4.78 is 5.16. The van der Waals surface area contributed by atoms with Gasteiger partial charge in [0.2, 0.25) is 0 Å². The minimum Gasteiger partial charge on any atom is -0.478 e. The van der Waals surface area contributed by atoms with Gasteiger partial charge < -0.3 is 19.6 Å². The average Bonchev–Trinajstić information content (AvgIpc) is 2.53. The van der Waals surface area contributed by atoms with Crippen LogP contribution < -0.4 is 0 Å². The van der Waals surface area contributed by atoms with Gasteiger partial charge in [-0.15, -0.1) is 0 Å². The molecule has 1 N–H and O–H groups in total. The van der Waals surface area contributed by atoms with Gasteiger partial charge in [-0.1, -0.05) is 6.42 Å². The first-order valence-electron chi connectivity index (χ1n) is 7.34. The lowest BCUT2D eigenvalue weighted by Gasteiger charge is -2.27. The van der Waals surface area contributed by atoms with E-state index in [1.54, 1.807) is 18.5 Å². The fourth-order valence-corrected chi connectivity index (χ4v) is 2.37. The monoisotopic (exact) mass is 293 g/mol. The Morgan fingerprint density at radius 2 is 2.24 bits per heavy atom. The molecule has 1 aromatic rings. The highest BCUT2D eigenvalue weighted by Gasteiger charge is 2.15. The fourth-order valence-electron chi connectivity index (χ4n) is 2.37. The van der Waals surface area contributed by atoms with Crippen LogP contribution in [0.5, 0.6) is 0 Å². The van der Waals surface area contributed by atoms with Crippen molar-refractivity contribution in [1.82, 2.24) is 9.88 Å². The van der Waals surface area contributed by atoms with Gasteiger partial charge in [-0.3, -0.25) is 4.98 Å². The van der Waals surface area contributed by atoms with Crippen LogP contribution >= 0.6 is 0 Å². The SMILES string of the molecule is COC(=NOCC(O)CN1CCCCC1)c1cccnc1. The van der Waals surface area contributed by atoms with E-state index < -0.39 is 6.10 Å². The van der Waals surface area contributed by atoms with Crippen LogP contribution in [0.25, 0.3) is 0 Å². The van der Waals surface area contributed by atoms with Crippen molar-refractivity contribution in [3.63, 3.8) is 0 Å². The average molecular weight is 293 g/mol. The number of β-amino-alcohol motifs (C(OH)–C–C–N with tert-alkyl or cyclic N) is 1. The molecule has 2 heterocycles. The van der Waals surface area contributed by atoms with Gasteiger partial charge in [0.1, 0.15) is 12.7 Å². The van der Waals surface area contributed by atoms with Gasteiger partial charge in [0, 0.05) is 18.9 Å². The number of likely N-dealkylation sites (tertiary alicyclic amines) is 1. The Kier molecular flexibility index (Phi) is 6.43. The van der Waals surface area contributed by atoms with E-state index in [0.29, 0.717) is 12.4 Å². The quantitative estimate of drug-likeness (QED) is 0.486. The lowest BCUT2D eigenvalue weighted by Crippen LogP contribution is -2.38. The number of rotatable bonds is 6. The zero-order valence-corrected chi connectivity index (χ0v) is 12.4. The molecule has 6 nitrogen and oxygen atoms in total. The maximum Gasteiger partial charge on any atom is 0.258 e. The molecule has 1 unspecified atom stereocenters. The summed E-state index contributed by atoms with van der Waals surface area (Å²) in [7, 11) is 1.53. The fraction of sp³-hybridized carbons (Fsp3) is 0.600. The molecule has 6 heteroatoms. The molecule has 1 aromatic heterocycles. The molecular weight excluding hydrogens is 270 g/mol. The lowest BCUT2D eigenvalue weighted by molar-refractivity contribution is 0.0139. The van der Waals surface area contributed by atoms with E-state index in [9.17, 15) is 5.11 Å². The molecule has 0 aromatic carbocycles. The summed E-state index contributed by atoms with van der Waals surface area (Å²) in [5, 5.41) is 13.9. The summed E-state index contributed by atoms with van der Waals surface area (Å²) in [5.74, 6) is 0.355. The lowest BCUT2D eigenvalue weighted by atomic mass is 10.1. The maximum absolute atomic E-state index is 9.97. The molecule has 0 radical (unpaired) electrons. The van der Waals surface area contributed by atoms with Crippen molar-refractivity contribution in [1.29, 1.82) is 0 Å². The molecule has 1 aliphatic heterocycles. The minimum absolute atomic E-state index is 0.156. The highest BCUT2D eigenvalue weighted by Crippen LogP contribution is 2.09. The van der Waals surface area contributed by atoms with Crippen LogP contribution in [0.4, 0.5) is 0 Å². The Balaban J connectivity index is 1.77. The summed E-state index contributed by atoms with van der Waals surface area (Å²) in [6.45, 7) is 2.90. The number of ether oxygens (including phenoxy) is 1. The summed E-state index contributed by atoms with van der Waals surface area (Å²) in [5.41, 5.74) is 0.741. The highest BCUT2D eigenvalue weighted by atomic mass is 16.7. The van der Waals surface area contributed by atoms with Crippen molar-refractivity contribution in [3.05, 3.63) is 30.1 Å². The molecule has 1 fully saturated rings. The van der Waals surface area contributed by atoms with E-state index in [4.69, 9.17) is 9.57 Å². The predicted octanol–water partition coefficient (Wildman–Crippen LogP) is 1.25. The standard InChI is InChI=1S/C15H23N3O3/c1-20-15(13-6-5-7-16-10-13)17-21-12-14(19)11-18-8-3-2-4-9-18/h5-7,10,14,19H,2-4,8-9,11-12H2,1H3. The number of pyridine rings is 1. The van der Waals surface area contributed by atoms with Crippen LogP contribution in [0.2, 0.25) is 0 Å². The molecule has 0 spiro atoms.